The van der Waals surface area contributed by atoms with Gasteiger partial charge in [0, 0.05) is 17.2 Å². The van der Waals surface area contributed by atoms with Gasteiger partial charge in [-0.1, -0.05) is 43.7 Å². The number of hydrogen-bond donors (Lipinski definition) is 0. The van der Waals surface area contributed by atoms with Crippen LogP contribution in [0.4, 0.5) is 17.6 Å². The monoisotopic (exact) mass is 430 g/mol. The van der Waals surface area contributed by atoms with Crippen molar-refractivity contribution in [2.75, 3.05) is 0 Å². The molecule has 0 aromatic heterocycles. The molecule has 3 rings (SSSR count). The highest BCUT2D eigenvalue weighted by molar-refractivity contribution is 5.46. The zero-order valence-electron chi connectivity index (χ0n) is 17.5. The minimum absolute atomic E-state index is 0.138. The lowest BCUT2D eigenvalue weighted by molar-refractivity contribution is 0.200. The minimum atomic E-state index is -2.77. The summed E-state index contributed by atoms with van der Waals surface area (Å²) in [6.45, 7) is 2.24. The van der Waals surface area contributed by atoms with Gasteiger partial charge in [-0.05, 0) is 67.3 Å². The molecule has 0 N–H and O–H groups in total. The molecule has 2 aromatic carbocycles. The first-order chi connectivity index (χ1) is 15.0. The Morgan fingerprint density at radius 1 is 0.968 bits per heavy atom. The molecule has 1 nitrogen and oxygen atoms in total. The highest BCUT2D eigenvalue weighted by Gasteiger charge is 2.21. The molecule has 1 saturated carbocycles. The molecule has 1 fully saturated rings. The van der Waals surface area contributed by atoms with Gasteiger partial charge >= 0.3 is 0 Å². The minimum Gasteiger partial charge on any atom is -0.459 e. The third-order valence-electron chi connectivity index (χ3n) is 5.69. The smallest absolute Gasteiger partial charge is 0.260 e. The van der Waals surface area contributed by atoms with Crippen molar-refractivity contribution < 1.29 is 22.3 Å². The van der Waals surface area contributed by atoms with Crippen molar-refractivity contribution in [3.8, 4) is 17.6 Å². The average Bonchev–Trinajstić information content (AvgIpc) is 2.75. The summed E-state index contributed by atoms with van der Waals surface area (Å²) in [5.41, 5.74) is 2.21. The molecule has 31 heavy (non-hydrogen) atoms. The lowest BCUT2D eigenvalue weighted by atomic mass is 9.77. The summed E-state index contributed by atoms with van der Waals surface area (Å²) in [5, 5.41) is 0. The van der Waals surface area contributed by atoms with Gasteiger partial charge in [-0.15, -0.1) is 0 Å². The first kappa shape index (κ1) is 22.9. The second-order valence-electron chi connectivity index (χ2n) is 7.93. The van der Waals surface area contributed by atoms with Crippen LogP contribution in [0.2, 0.25) is 0 Å². The van der Waals surface area contributed by atoms with Crippen molar-refractivity contribution in [1.82, 2.24) is 0 Å². The van der Waals surface area contributed by atoms with Crippen LogP contribution in [-0.4, -0.2) is 6.43 Å². The Balaban J connectivity index is 1.64. The number of halogens is 4. The van der Waals surface area contributed by atoms with Crippen molar-refractivity contribution >= 4 is 0 Å². The summed E-state index contributed by atoms with van der Waals surface area (Å²) >= 11 is 0. The summed E-state index contributed by atoms with van der Waals surface area (Å²) in [4.78, 5) is 0. The lowest BCUT2D eigenvalue weighted by Gasteiger charge is -2.28. The Hall–Kier alpha value is -2.74. The predicted molar refractivity (Wildman–Crippen MR) is 114 cm³/mol. The molecule has 0 heterocycles. The molecule has 0 radical (unpaired) electrons. The maximum atomic E-state index is 14.0. The zero-order chi connectivity index (χ0) is 22.2. The number of rotatable bonds is 6. The molecule has 1 aliphatic rings. The molecule has 0 aliphatic heterocycles. The van der Waals surface area contributed by atoms with E-state index in [1.807, 2.05) is 12.1 Å². The SMILES string of the molecule is CCCC1CCC(c2ccc(C#Cc3cc(F)c(O/C=C/C(F)F)c(F)c3)cc2)CC1. The van der Waals surface area contributed by atoms with Crippen LogP contribution in [0.5, 0.6) is 5.75 Å². The highest BCUT2D eigenvalue weighted by Crippen LogP contribution is 2.37. The van der Waals surface area contributed by atoms with E-state index in [4.69, 9.17) is 0 Å². The first-order valence-electron chi connectivity index (χ1n) is 10.7. The van der Waals surface area contributed by atoms with Crippen LogP contribution < -0.4 is 4.74 Å². The molecule has 164 valence electrons. The molecule has 2 aromatic rings. The number of ether oxygens (including phenoxy) is 1. The molecule has 0 bridgehead atoms. The van der Waals surface area contributed by atoms with E-state index in [-0.39, 0.29) is 5.56 Å². The van der Waals surface area contributed by atoms with Gasteiger partial charge in [-0.2, -0.15) is 0 Å². The van der Waals surface area contributed by atoms with E-state index in [1.165, 1.54) is 44.1 Å². The number of allylic oxidation sites excluding steroid dienone is 1. The van der Waals surface area contributed by atoms with Crippen molar-refractivity contribution in [1.29, 1.82) is 0 Å². The van der Waals surface area contributed by atoms with Crippen molar-refractivity contribution in [2.45, 2.75) is 57.8 Å². The number of benzene rings is 2. The lowest BCUT2D eigenvalue weighted by Crippen LogP contribution is -2.13. The van der Waals surface area contributed by atoms with E-state index in [0.717, 1.165) is 23.6 Å². The van der Waals surface area contributed by atoms with E-state index in [0.29, 0.717) is 18.3 Å². The first-order valence-corrected chi connectivity index (χ1v) is 10.7. The Bertz CT molecular complexity index is 923. The molecule has 1 aliphatic carbocycles. The van der Waals surface area contributed by atoms with Gasteiger partial charge in [-0.3, -0.25) is 0 Å². The van der Waals surface area contributed by atoms with Crippen molar-refractivity contribution in [3.05, 3.63) is 77.1 Å². The number of alkyl halides is 2. The summed E-state index contributed by atoms with van der Waals surface area (Å²) in [6, 6.07) is 10.1. The summed E-state index contributed by atoms with van der Waals surface area (Å²) < 4.78 is 56.8. The Morgan fingerprint density at radius 3 is 2.16 bits per heavy atom. The fraction of sp³-hybridized carbons (Fsp3) is 0.385. The van der Waals surface area contributed by atoms with Crippen LogP contribution in [0.15, 0.2) is 48.7 Å². The average molecular weight is 430 g/mol. The summed E-state index contributed by atoms with van der Waals surface area (Å²) in [5.74, 6) is 4.36. The summed E-state index contributed by atoms with van der Waals surface area (Å²) in [6.07, 6.45) is 5.78. The predicted octanol–water partition coefficient (Wildman–Crippen LogP) is 7.60. The molecule has 5 heteroatoms. The van der Waals surface area contributed by atoms with Crippen LogP contribution in [-0.2, 0) is 0 Å². The van der Waals surface area contributed by atoms with Gasteiger partial charge in [0.25, 0.3) is 6.43 Å². The molecule has 0 saturated heterocycles. The third-order valence-corrected chi connectivity index (χ3v) is 5.69. The van der Waals surface area contributed by atoms with E-state index in [2.05, 4.69) is 35.6 Å². The summed E-state index contributed by atoms with van der Waals surface area (Å²) in [7, 11) is 0. The van der Waals surface area contributed by atoms with Crippen LogP contribution >= 0.6 is 0 Å². The largest absolute Gasteiger partial charge is 0.459 e. The van der Waals surface area contributed by atoms with Crippen molar-refractivity contribution in [3.63, 3.8) is 0 Å². The van der Waals surface area contributed by atoms with E-state index in [9.17, 15) is 17.6 Å². The van der Waals surface area contributed by atoms with Gasteiger partial charge in [0.1, 0.15) is 0 Å². The fourth-order valence-corrected chi connectivity index (χ4v) is 4.09. The standard InChI is InChI=1S/C26H26F4O/c1-2-3-18-6-10-21(11-7-18)22-12-8-19(9-13-22)4-5-20-16-23(27)26(24(28)17-20)31-15-14-25(29)30/h8-9,12-18,21,25H,2-3,6-7,10-11H2,1H3/b15-14+. The normalized spacial score (nSPS) is 18.8. The fourth-order valence-electron chi connectivity index (χ4n) is 4.09. The quantitative estimate of drug-likeness (QED) is 0.260. The topological polar surface area (TPSA) is 9.23 Å². The van der Waals surface area contributed by atoms with Gasteiger partial charge < -0.3 is 4.74 Å². The second-order valence-corrected chi connectivity index (χ2v) is 7.93. The van der Waals surface area contributed by atoms with Crippen molar-refractivity contribution in [2.24, 2.45) is 5.92 Å². The molecular weight excluding hydrogens is 404 g/mol. The van der Waals surface area contributed by atoms with Gasteiger partial charge in [0.2, 0.25) is 0 Å². The van der Waals surface area contributed by atoms with E-state index < -0.39 is 23.8 Å². The molecule has 0 amide bonds. The molecular formula is C26H26F4O. The van der Waals surface area contributed by atoms with Crippen LogP contribution in [0.3, 0.4) is 0 Å². The maximum Gasteiger partial charge on any atom is 0.260 e. The Morgan fingerprint density at radius 2 is 1.58 bits per heavy atom. The zero-order valence-corrected chi connectivity index (χ0v) is 17.5. The van der Waals surface area contributed by atoms with E-state index in [1.54, 1.807) is 0 Å². The molecule has 0 spiro atoms. The van der Waals surface area contributed by atoms with E-state index >= 15 is 0 Å². The Kier molecular flexibility index (Phi) is 8.17. The van der Waals surface area contributed by atoms with Gasteiger partial charge in [-0.25, -0.2) is 17.6 Å². The van der Waals surface area contributed by atoms with Crippen LogP contribution in [0, 0.1) is 29.4 Å². The third kappa shape index (κ3) is 6.62. The van der Waals surface area contributed by atoms with Gasteiger partial charge in [0.15, 0.2) is 17.4 Å². The van der Waals surface area contributed by atoms with Crippen LogP contribution in [0.25, 0.3) is 0 Å². The Labute approximate surface area is 181 Å². The molecule has 0 atom stereocenters. The highest BCUT2D eigenvalue weighted by atomic mass is 19.3. The maximum absolute atomic E-state index is 14.0. The van der Waals surface area contributed by atoms with Gasteiger partial charge in [0.05, 0.1) is 6.26 Å². The van der Waals surface area contributed by atoms with Crippen LogP contribution in [0.1, 0.15) is 68.1 Å². The second kappa shape index (κ2) is 11.0. The number of hydrogen-bond acceptors (Lipinski definition) is 1. The molecule has 0 unspecified atom stereocenters.